The molecule has 1 atom stereocenters. The normalized spacial score (nSPS) is 15.8. The molecule has 7 nitrogen and oxygen atoms in total. The lowest BCUT2D eigenvalue weighted by Crippen LogP contribution is -2.40. The number of nitrogens with one attached hydrogen (secondary N) is 1. The quantitative estimate of drug-likeness (QED) is 0.462. The van der Waals surface area contributed by atoms with E-state index in [0.717, 1.165) is 37.4 Å². The minimum Gasteiger partial charge on any atom is -0.493 e. The summed E-state index contributed by atoms with van der Waals surface area (Å²) in [5.41, 5.74) is 1.14. The van der Waals surface area contributed by atoms with Crippen LogP contribution in [0.2, 0.25) is 0 Å². The van der Waals surface area contributed by atoms with Crippen LogP contribution in [-0.2, 0) is 13.1 Å². The summed E-state index contributed by atoms with van der Waals surface area (Å²) in [7, 11) is 3.76. The average molecular weight is 445 g/mol. The van der Waals surface area contributed by atoms with Gasteiger partial charge in [-0.3, -0.25) is 0 Å². The second-order valence-corrected chi connectivity index (χ2v) is 8.88. The van der Waals surface area contributed by atoms with Crippen molar-refractivity contribution in [2.45, 2.75) is 70.7 Å². The highest BCUT2D eigenvalue weighted by Crippen LogP contribution is 2.28. The van der Waals surface area contributed by atoms with E-state index in [0.29, 0.717) is 24.1 Å². The van der Waals surface area contributed by atoms with Crippen molar-refractivity contribution in [3.8, 4) is 11.5 Å². The molecule has 1 fully saturated rings. The molecule has 1 heterocycles. The largest absolute Gasteiger partial charge is 0.493 e. The SMILES string of the molecule is COc1cc(CNCCCn2ccnc2C)ccc1OC[C@H](O)CN(C)C1CCCCC1. The van der Waals surface area contributed by atoms with Crippen LogP contribution in [0.15, 0.2) is 30.6 Å². The predicted octanol–water partition coefficient (Wildman–Crippen LogP) is 3.38. The fourth-order valence-corrected chi connectivity index (χ4v) is 4.43. The molecule has 3 rings (SSSR count). The van der Waals surface area contributed by atoms with Gasteiger partial charge in [0.25, 0.3) is 0 Å². The number of aromatic nitrogens is 2. The number of benzene rings is 1. The molecule has 0 amide bonds. The van der Waals surface area contributed by atoms with E-state index in [2.05, 4.69) is 26.8 Å². The Morgan fingerprint density at radius 2 is 2.06 bits per heavy atom. The average Bonchev–Trinajstić information content (AvgIpc) is 3.22. The van der Waals surface area contributed by atoms with Gasteiger partial charge in [-0.25, -0.2) is 4.98 Å². The number of nitrogens with zero attached hydrogens (tertiary/aromatic N) is 3. The van der Waals surface area contributed by atoms with E-state index in [4.69, 9.17) is 9.47 Å². The van der Waals surface area contributed by atoms with E-state index in [1.807, 2.05) is 37.5 Å². The lowest BCUT2D eigenvalue weighted by Gasteiger charge is -2.32. The number of imidazole rings is 1. The molecular weight excluding hydrogens is 404 g/mol. The minimum absolute atomic E-state index is 0.263. The lowest BCUT2D eigenvalue weighted by atomic mass is 9.94. The van der Waals surface area contributed by atoms with Gasteiger partial charge in [-0.15, -0.1) is 0 Å². The summed E-state index contributed by atoms with van der Waals surface area (Å²) in [4.78, 5) is 6.54. The second kappa shape index (κ2) is 12.8. The first-order valence-corrected chi connectivity index (χ1v) is 11.9. The minimum atomic E-state index is -0.521. The Morgan fingerprint density at radius 3 is 2.78 bits per heavy atom. The van der Waals surface area contributed by atoms with Gasteiger partial charge >= 0.3 is 0 Å². The summed E-state index contributed by atoms with van der Waals surface area (Å²) in [6.45, 7) is 5.59. The Balaban J connectivity index is 1.39. The number of hydrogen-bond donors (Lipinski definition) is 2. The molecule has 0 saturated heterocycles. The van der Waals surface area contributed by atoms with E-state index < -0.39 is 6.10 Å². The van der Waals surface area contributed by atoms with Crippen LogP contribution in [0.1, 0.15) is 49.9 Å². The molecule has 2 N–H and O–H groups in total. The van der Waals surface area contributed by atoms with Gasteiger partial charge in [-0.05, 0) is 57.5 Å². The first-order valence-electron chi connectivity index (χ1n) is 11.9. The van der Waals surface area contributed by atoms with Crippen LogP contribution in [0.25, 0.3) is 0 Å². The first-order chi connectivity index (χ1) is 15.6. The molecule has 0 radical (unpaired) electrons. The Morgan fingerprint density at radius 1 is 1.25 bits per heavy atom. The van der Waals surface area contributed by atoms with Gasteiger partial charge in [0.2, 0.25) is 0 Å². The van der Waals surface area contributed by atoms with E-state index >= 15 is 0 Å². The summed E-state index contributed by atoms with van der Waals surface area (Å²) >= 11 is 0. The van der Waals surface area contributed by atoms with Gasteiger partial charge in [-0.1, -0.05) is 25.3 Å². The Kier molecular flexibility index (Phi) is 9.84. The van der Waals surface area contributed by atoms with Crippen LogP contribution < -0.4 is 14.8 Å². The number of methoxy groups -OCH3 is 1. The van der Waals surface area contributed by atoms with Crippen molar-refractivity contribution in [1.82, 2.24) is 19.8 Å². The molecule has 1 aliphatic rings. The maximum absolute atomic E-state index is 10.5. The monoisotopic (exact) mass is 444 g/mol. The van der Waals surface area contributed by atoms with Gasteiger partial charge in [-0.2, -0.15) is 0 Å². The molecule has 7 heteroatoms. The van der Waals surface area contributed by atoms with E-state index in [1.165, 1.54) is 32.1 Å². The number of likely N-dealkylation sites (N-methyl/N-ethyl adjacent to an activating group) is 1. The zero-order chi connectivity index (χ0) is 22.8. The summed E-state index contributed by atoms with van der Waals surface area (Å²) in [6, 6.07) is 6.57. The van der Waals surface area contributed by atoms with Crippen molar-refractivity contribution < 1.29 is 14.6 Å². The molecule has 1 aliphatic carbocycles. The van der Waals surface area contributed by atoms with Gasteiger partial charge in [0.05, 0.1) is 7.11 Å². The summed E-state index contributed by atoms with van der Waals surface area (Å²) in [6.07, 6.45) is 10.8. The number of ether oxygens (including phenoxy) is 2. The molecule has 0 unspecified atom stereocenters. The van der Waals surface area contributed by atoms with Crippen molar-refractivity contribution in [3.63, 3.8) is 0 Å². The molecule has 0 bridgehead atoms. The fraction of sp³-hybridized carbons (Fsp3) is 0.640. The third-order valence-corrected chi connectivity index (χ3v) is 6.36. The lowest BCUT2D eigenvalue weighted by molar-refractivity contribution is 0.0553. The van der Waals surface area contributed by atoms with Crippen molar-refractivity contribution in [2.24, 2.45) is 0 Å². The van der Waals surface area contributed by atoms with Crippen LogP contribution in [0, 0.1) is 6.92 Å². The van der Waals surface area contributed by atoms with Gasteiger partial charge in [0.1, 0.15) is 18.5 Å². The van der Waals surface area contributed by atoms with Gasteiger partial charge in [0, 0.05) is 38.1 Å². The van der Waals surface area contributed by atoms with E-state index in [1.54, 1.807) is 7.11 Å². The van der Waals surface area contributed by atoms with Crippen molar-refractivity contribution in [2.75, 3.05) is 33.9 Å². The van der Waals surface area contributed by atoms with E-state index in [-0.39, 0.29) is 6.61 Å². The van der Waals surface area contributed by atoms with Crippen LogP contribution in [0.4, 0.5) is 0 Å². The molecule has 0 spiro atoms. The zero-order valence-corrected chi connectivity index (χ0v) is 19.9. The fourth-order valence-electron chi connectivity index (χ4n) is 4.43. The molecule has 1 aromatic heterocycles. The van der Waals surface area contributed by atoms with Crippen LogP contribution in [0.3, 0.4) is 0 Å². The number of aliphatic hydroxyl groups excluding tert-OH is 1. The van der Waals surface area contributed by atoms with Gasteiger partial charge in [0.15, 0.2) is 11.5 Å². The van der Waals surface area contributed by atoms with Crippen LogP contribution in [-0.4, -0.2) is 65.6 Å². The predicted molar refractivity (Wildman–Crippen MR) is 127 cm³/mol. The van der Waals surface area contributed by atoms with Crippen molar-refractivity contribution in [3.05, 3.63) is 42.0 Å². The van der Waals surface area contributed by atoms with Crippen LogP contribution >= 0.6 is 0 Å². The number of rotatable bonds is 13. The van der Waals surface area contributed by atoms with Crippen molar-refractivity contribution >= 4 is 0 Å². The summed E-state index contributed by atoms with van der Waals surface area (Å²) in [5.74, 6) is 2.42. The van der Waals surface area contributed by atoms with E-state index in [9.17, 15) is 5.11 Å². The summed E-state index contributed by atoms with van der Waals surface area (Å²) < 4.78 is 13.6. The third-order valence-electron chi connectivity index (χ3n) is 6.36. The highest BCUT2D eigenvalue weighted by Gasteiger charge is 2.20. The Hall–Kier alpha value is -2.09. The van der Waals surface area contributed by atoms with Crippen molar-refractivity contribution in [1.29, 1.82) is 0 Å². The smallest absolute Gasteiger partial charge is 0.161 e. The number of aliphatic hydroxyl groups is 1. The molecule has 32 heavy (non-hydrogen) atoms. The Bertz CT molecular complexity index is 804. The maximum atomic E-state index is 10.5. The third kappa shape index (κ3) is 7.50. The molecular formula is C25H40N4O3. The van der Waals surface area contributed by atoms with Gasteiger partial charge < -0.3 is 29.4 Å². The highest BCUT2D eigenvalue weighted by molar-refractivity contribution is 5.43. The summed E-state index contributed by atoms with van der Waals surface area (Å²) in [5, 5.41) is 13.9. The number of hydrogen-bond acceptors (Lipinski definition) is 6. The maximum Gasteiger partial charge on any atom is 0.161 e. The molecule has 1 saturated carbocycles. The standard InChI is InChI=1S/C25H40N4O3/c1-20-27-13-15-29(20)14-7-12-26-17-21-10-11-24(25(16-21)31-3)32-19-23(30)18-28(2)22-8-5-4-6-9-22/h10-11,13,15-16,22-23,26,30H,4-9,12,14,17-19H2,1-3H3/t23-/m1/s1. The Labute approximate surface area is 192 Å². The molecule has 178 valence electrons. The molecule has 2 aromatic rings. The number of aryl methyl sites for hydroxylation is 2. The first kappa shape index (κ1) is 24.6. The topological polar surface area (TPSA) is 71.8 Å². The second-order valence-electron chi connectivity index (χ2n) is 8.88. The molecule has 1 aromatic carbocycles. The zero-order valence-electron chi connectivity index (χ0n) is 19.9. The molecule has 0 aliphatic heterocycles. The highest BCUT2D eigenvalue weighted by atomic mass is 16.5. The van der Waals surface area contributed by atoms with Crippen LogP contribution in [0.5, 0.6) is 11.5 Å².